The van der Waals surface area contributed by atoms with Crippen LogP contribution in [0.15, 0.2) is 18.2 Å². The summed E-state index contributed by atoms with van der Waals surface area (Å²) < 4.78 is 0. The van der Waals surface area contributed by atoms with Crippen LogP contribution >= 0.6 is 0 Å². The van der Waals surface area contributed by atoms with Crippen LogP contribution in [0.5, 0.6) is 0 Å². The molecule has 0 atom stereocenters. The lowest BCUT2D eigenvalue weighted by molar-refractivity contribution is -0.128. The largest absolute Gasteiger partial charge is 0.338 e. The van der Waals surface area contributed by atoms with Crippen LogP contribution in [0.3, 0.4) is 0 Å². The number of rotatable bonds is 2. The number of nitriles is 1. The van der Waals surface area contributed by atoms with E-state index in [0.717, 1.165) is 24.1 Å². The maximum Gasteiger partial charge on any atom is 0.222 e. The maximum atomic E-state index is 11.5. The van der Waals surface area contributed by atoms with Crippen LogP contribution < -0.4 is 0 Å². The van der Waals surface area contributed by atoms with E-state index in [4.69, 9.17) is 5.26 Å². The zero-order valence-electron chi connectivity index (χ0n) is 9.36. The van der Waals surface area contributed by atoms with Gasteiger partial charge in [-0.25, -0.2) is 0 Å². The first-order valence-electron chi connectivity index (χ1n) is 5.48. The summed E-state index contributed by atoms with van der Waals surface area (Å²) in [6.07, 6.45) is 1.64. The molecule has 3 nitrogen and oxygen atoms in total. The molecule has 1 amide bonds. The first kappa shape index (κ1) is 10.7. The Morgan fingerprint density at radius 1 is 1.50 bits per heavy atom. The molecule has 0 unspecified atom stereocenters. The van der Waals surface area contributed by atoms with Crippen molar-refractivity contribution in [2.75, 3.05) is 6.54 Å². The SMILES string of the molecule is Cc1cc(C#N)ccc1CN1CCCC1=O. The molecular formula is C13H14N2O. The van der Waals surface area contributed by atoms with Gasteiger partial charge in [0.05, 0.1) is 11.6 Å². The Labute approximate surface area is 95.3 Å². The molecule has 1 heterocycles. The van der Waals surface area contributed by atoms with Gasteiger partial charge in [0, 0.05) is 19.5 Å². The Bertz CT molecular complexity index is 459. The third-order valence-corrected chi connectivity index (χ3v) is 3.00. The summed E-state index contributed by atoms with van der Waals surface area (Å²) in [6, 6.07) is 7.74. The average Bonchev–Trinajstić information content (AvgIpc) is 2.67. The Morgan fingerprint density at radius 2 is 2.31 bits per heavy atom. The molecule has 1 aliphatic rings. The van der Waals surface area contributed by atoms with E-state index in [0.29, 0.717) is 18.5 Å². The highest BCUT2D eigenvalue weighted by atomic mass is 16.2. The van der Waals surface area contributed by atoms with Gasteiger partial charge in [0.15, 0.2) is 0 Å². The standard InChI is InChI=1S/C13H14N2O/c1-10-7-11(8-14)4-5-12(10)9-15-6-2-3-13(15)16/h4-5,7H,2-3,6,9H2,1H3. The molecule has 1 aromatic rings. The van der Waals surface area contributed by atoms with Gasteiger partial charge in [-0.3, -0.25) is 4.79 Å². The number of hydrogen-bond acceptors (Lipinski definition) is 2. The molecule has 1 aliphatic heterocycles. The molecule has 1 aromatic carbocycles. The molecule has 0 bridgehead atoms. The van der Waals surface area contributed by atoms with E-state index < -0.39 is 0 Å². The van der Waals surface area contributed by atoms with Crippen LogP contribution in [0, 0.1) is 18.3 Å². The summed E-state index contributed by atoms with van der Waals surface area (Å²) in [6.45, 7) is 3.52. The van der Waals surface area contributed by atoms with E-state index in [1.807, 2.05) is 30.0 Å². The van der Waals surface area contributed by atoms with Crippen molar-refractivity contribution < 1.29 is 4.79 Å². The molecule has 0 aromatic heterocycles. The Balaban J connectivity index is 2.16. The Kier molecular flexibility index (Phi) is 2.91. The van der Waals surface area contributed by atoms with E-state index >= 15 is 0 Å². The molecule has 3 heteroatoms. The normalized spacial score (nSPS) is 15.2. The number of benzene rings is 1. The number of nitrogens with zero attached hydrogens (tertiary/aromatic N) is 2. The second kappa shape index (κ2) is 4.36. The Morgan fingerprint density at radius 3 is 2.88 bits per heavy atom. The molecule has 0 N–H and O–H groups in total. The monoisotopic (exact) mass is 214 g/mol. The summed E-state index contributed by atoms with van der Waals surface area (Å²) in [7, 11) is 0. The van der Waals surface area contributed by atoms with Crippen LogP contribution in [0.4, 0.5) is 0 Å². The highest BCUT2D eigenvalue weighted by Crippen LogP contribution is 2.17. The fourth-order valence-electron chi connectivity index (χ4n) is 2.02. The second-order valence-electron chi connectivity index (χ2n) is 4.17. The molecular weight excluding hydrogens is 200 g/mol. The van der Waals surface area contributed by atoms with Crippen molar-refractivity contribution >= 4 is 5.91 Å². The number of carbonyl (C=O) groups excluding carboxylic acids is 1. The zero-order valence-corrected chi connectivity index (χ0v) is 9.36. The average molecular weight is 214 g/mol. The summed E-state index contributed by atoms with van der Waals surface area (Å²) >= 11 is 0. The molecule has 1 saturated heterocycles. The lowest BCUT2D eigenvalue weighted by atomic mass is 10.1. The van der Waals surface area contributed by atoms with Gasteiger partial charge in [0.25, 0.3) is 0 Å². The van der Waals surface area contributed by atoms with Gasteiger partial charge in [-0.05, 0) is 36.6 Å². The fraction of sp³-hybridized carbons (Fsp3) is 0.385. The third kappa shape index (κ3) is 2.06. The van der Waals surface area contributed by atoms with Crippen LogP contribution in [0.1, 0.15) is 29.5 Å². The van der Waals surface area contributed by atoms with Crippen LogP contribution in [-0.2, 0) is 11.3 Å². The van der Waals surface area contributed by atoms with Crippen molar-refractivity contribution in [3.05, 3.63) is 34.9 Å². The highest BCUT2D eigenvalue weighted by Gasteiger charge is 2.20. The van der Waals surface area contributed by atoms with Gasteiger partial charge >= 0.3 is 0 Å². The first-order valence-corrected chi connectivity index (χ1v) is 5.48. The number of aryl methyl sites for hydroxylation is 1. The molecule has 16 heavy (non-hydrogen) atoms. The van der Waals surface area contributed by atoms with Crippen molar-refractivity contribution in [1.82, 2.24) is 4.90 Å². The van der Waals surface area contributed by atoms with E-state index in [9.17, 15) is 4.79 Å². The van der Waals surface area contributed by atoms with Crippen molar-refractivity contribution in [2.45, 2.75) is 26.3 Å². The van der Waals surface area contributed by atoms with Gasteiger partial charge < -0.3 is 4.90 Å². The minimum Gasteiger partial charge on any atom is -0.338 e. The third-order valence-electron chi connectivity index (χ3n) is 3.00. The van der Waals surface area contributed by atoms with Crippen LogP contribution in [-0.4, -0.2) is 17.4 Å². The smallest absolute Gasteiger partial charge is 0.222 e. The topological polar surface area (TPSA) is 44.1 Å². The summed E-state index contributed by atoms with van der Waals surface area (Å²) in [5.41, 5.74) is 2.89. The summed E-state index contributed by atoms with van der Waals surface area (Å²) in [5.74, 6) is 0.240. The maximum absolute atomic E-state index is 11.5. The number of likely N-dealkylation sites (tertiary alicyclic amines) is 1. The molecule has 1 fully saturated rings. The van der Waals surface area contributed by atoms with Crippen LogP contribution in [0.2, 0.25) is 0 Å². The summed E-state index contributed by atoms with van der Waals surface area (Å²) in [5, 5.41) is 8.76. The van der Waals surface area contributed by atoms with Crippen molar-refractivity contribution in [3.8, 4) is 6.07 Å². The van der Waals surface area contributed by atoms with Crippen LogP contribution in [0.25, 0.3) is 0 Å². The van der Waals surface area contributed by atoms with Crippen molar-refractivity contribution in [1.29, 1.82) is 5.26 Å². The van der Waals surface area contributed by atoms with Crippen molar-refractivity contribution in [2.24, 2.45) is 0 Å². The van der Waals surface area contributed by atoms with Gasteiger partial charge in [-0.15, -0.1) is 0 Å². The van der Waals surface area contributed by atoms with Crippen molar-refractivity contribution in [3.63, 3.8) is 0 Å². The molecule has 0 spiro atoms. The Hall–Kier alpha value is -1.82. The highest BCUT2D eigenvalue weighted by molar-refractivity contribution is 5.78. The van der Waals surface area contributed by atoms with Gasteiger partial charge in [0.2, 0.25) is 5.91 Å². The van der Waals surface area contributed by atoms with E-state index in [1.165, 1.54) is 0 Å². The number of amides is 1. The minimum atomic E-state index is 0.240. The zero-order chi connectivity index (χ0) is 11.5. The van der Waals surface area contributed by atoms with Gasteiger partial charge in [0.1, 0.15) is 0 Å². The molecule has 0 saturated carbocycles. The molecule has 2 rings (SSSR count). The predicted molar refractivity (Wildman–Crippen MR) is 60.5 cm³/mol. The molecule has 0 aliphatic carbocycles. The van der Waals surface area contributed by atoms with E-state index in [2.05, 4.69) is 6.07 Å². The lowest BCUT2D eigenvalue weighted by Gasteiger charge is -2.17. The predicted octanol–water partition coefficient (Wildman–Crippen LogP) is 1.99. The first-order chi connectivity index (χ1) is 7.70. The molecule has 82 valence electrons. The van der Waals surface area contributed by atoms with Gasteiger partial charge in [-0.2, -0.15) is 5.26 Å². The molecule has 0 radical (unpaired) electrons. The quantitative estimate of drug-likeness (QED) is 0.755. The second-order valence-corrected chi connectivity index (χ2v) is 4.17. The number of carbonyl (C=O) groups is 1. The number of hydrogen-bond donors (Lipinski definition) is 0. The summed E-state index contributed by atoms with van der Waals surface area (Å²) in [4.78, 5) is 13.4. The fourth-order valence-corrected chi connectivity index (χ4v) is 2.02. The van der Waals surface area contributed by atoms with E-state index in [-0.39, 0.29) is 5.91 Å². The van der Waals surface area contributed by atoms with Gasteiger partial charge in [-0.1, -0.05) is 6.07 Å². The minimum absolute atomic E-state index is 0.240. The lowest BCUT2D eigenvalue weighted by Crippen LogP contribution is -2.24. The van der Waals surface area contributed by atoms with E-state index in [1.54, 1.807) is 0 Å².